The summed E-state index contributed by atoms with van der Waals surface area (Å²) in [5.41, 5.74) is 0.474. The summed E-state index contributed by atoms with van der Waals surface area (Å²) in [4.78, 5) is 0. The van der Waals surface area contributed by atoms with Crippen LogP contribution in [0.3, 0.4) is 0 Å². The molecule has 0 fully saturated rings. The molecule has 0 bridgehead atoms. The highest BCUT2D eigenvalue weighted by Crippen LogP contribution is 2.16. The first kappa shape index (κ1) is 17.8. The van der Waals surface area contributed by atoms with Gasteiger partial charge in [-0.05, 0) is 26.0 Å². The normalized spacial score (nSPS) is 11.1. The van der Waals surface area contributed by atoms with Gasteiger partial charge in [0.25, 0.3) is 0 Å². The van der Waals surface area contributed by atoms with Gasteiger partial charge in [-0.15, -0.1) is 11.6 Å². The zero-order chi connectivity index (χ0) is 15.9. The molecule has 0 aromatic heterocycles. The summed E-state index contributed by atoms with van der Waals surface area (Å²) >= 11 is 5.51. The number of halogens is 2. The van der Waals surface area contributed by atoms with E-state index in [0.29, 0.717) is 17.9 Å². The lowest BCUT2D eigenvalue weighted by atomic mass is 10.2. The van der Waals surface area contributed by atoms with Crippen LogP contribution in [0.5, 0.6) is 5.75 Å². The zero-order valence-electron chi connectivity index (χ0n) is 12.0. The third-order valence-electron chi connectivity index (χ3n) is 2.68. The van der Waals surface area contributed by atoms with Crippen LogP contribution in [0.15, 0.2) is 18.2 Å². The number of sulfone groups is 1. The molecule has 1 aromatic carbocycles. The van der Waals surface area contributed by atoms with Crippen molar-refractivity contribution in [1.82, 2.24) is 0 Å². The van der Waals surface area contributed by atoms with Crippen LogP contribution in [0.4, 0.5) is 4.39 Å². The summed E-state index contributed by atoms with van der Waals surface area (Å²) in [6.07, 6.45) is 0.515. The molecule has 0 aliphatic carbocycles. The van der Waals surface area contributed by atoms with E-state index in [1.165, 1.54) is 12.1 Å². The van der Waals surface area contributed by atoms with Crippen molar-refractivity contribution in [1.29, 1.82) is 0 Å². The van der Waals surface area contributed by atoms with Crippen molar-refractivity contribution in [3.63, 3.8) is 0 Å². The van der Waals surface area contributed by atoms with Crippen LogP contribution in [-0.4, -0.2) is 31.9 Å². The topological polar surface area (TPSA) is 43.4 Å². The Bertz CT molecular complexity index is 630. The Balaban J connectivity index is 2.70. The Morgan fingerprint density at radius 3 is 2.67 bits per heavy atom. The lowest BCUT2D eigenvalue weighted by molar-refractivity contribution is 0.338. The smallest absolute Gasteiger partial charge is 0.155 e. The van der Waals surface area contributed by atoms with Crippen molar-refractivity contribution in [2.24, 2.45) is 0 Å². The van der Waals surface area contributed by atoms with Crippen LogP contribution < -0.4 is 4.74 Å². The van der Waals surface area contributed by atoms with Crippen molar-refractivity contribution in [2.45, 2.75) is 25.5 Å². The van der Waals surface area contributed by atoms with Gasteiger partial charge in [0.1, 0.15) is 18.2 Å². The van der Waals surface area contributed by atoms with E-state index >= 15 is 0 Å². The largest absolute Gasteiger partial charge is 0.492 e. The third-order valence-corrected chi connectivity index (χ3v) is 5.04. The average Bonchev–Trinajstić information content (AvgIpc) is 2.38. The Morgan fingerprint density at radius 1 is 1.33 bits per heavy atom. The highest BCUT2D eigenvalue weighted by atomic mass is 35.5. The van der Waals surface area contributed by atoms with Gasteiger partial charge in [0.2, 0.25) is 0 Å². The number of alkyl halides is 1. The first-order chi connectivity index (χ1) is 9.85. The van der Waals surface area contributed by atoms with Crippen LogP contribution >= 0.6 is 11.6 Å². The monoisotopic (exact) mass is 332 g/mol. The average molecular weight is 333 g/mol. The van der Waals surface area contributed by atoms with E-state index in [2.05, 4.69) is 11.8 Å². The minimum absolute atomic E-state index is 0.0154. The fourth-order valence-corrected chi connectivity index (χ4v) is 2.32. The van der Waals surface area contributed by atoms with Gasteiger partial charge in [-0.2, -0.15) is 0 Å². The Morgan fingerprint density at radius 2 is 2.05 bits per heavy atom. The highest BCUT2D eigenvalue weighted by Gasteiger charge is 2.15. The fourth-order valence-electron chi connectivity index (χ4n) is 1.44. The third kappa shape index (κ3) is 6.36. The Kier molecular flexibility index (Phi) is 7.00. The molecule has 0 unspecified atom stereocenters. The maximum atomic E-state index is 13.4. The second-order valence-corrected chi connectivity index (χ2v) is 7.74. The van der Waals surface area contributed by atoms with Crippen molar-refractivity contribution < 1.29 is 17.5 Å². The van der Waals surface area contributed by atoms with E-state index in [4.69, 9.17) is 16.3 Å². The molecule has 0 saturated carbocycles. The molecule has 0 aliphatic heterocycles. The highest BCUT2D eigenvalue weighted by molar-refractivity contribution is 7.91. The molecule has 1 aromatic rings. The predicted molar refractivity (Wildman–Crippen MR) is 83.0 cm³/mol. The van der Waals surface area contributed by atoms with Crippen LogP contribution in [0, 0.1) is 17.7 Å². The molecular weight excluding hydrogens is 315 g/mol. The van der Waals surface area contributed by atoms with Crippen LogP contribution in [0.2, 0.25) is 0 Å². The molecule has 3 nitrogen and oxygen atoms in total. The Hall–Kier alpha value is -1.25. The van der Waals surface area contributed by atoms with E-state index in [1.807, 2.05) is 0 Å². The number of hydrogen-bond acceptors (Lipinski definition) is 3. The van der Waals surface area contributed by atoms with Gasteiger partial charge in [0.15, 0.2) is 9.84 Å². The minimum atomic E-state index is -3.17. The van der Waals surface area contributed by atoms with Gasteiger partial charge in [-0.3, -0.25) is 0 Å². The minimum Gasteiger partial charge on any atom is -0.492 e. The van der Waals surface area contributed by atoms with E-state index in [9.17, 15) is 12.8 Å². The van der Waals surface area contributed by atoms with Gasteiger partial charge < -0.3 is 4.74 Å². The summed E-state index contributed by atoms with van der Waals surface area (Å²) < 4.78 is 42.0. The van der Waals surface area contributed by atoms with Gasteiger partial charge >= 0.3 is 0 Å². The lowest BCUT2D eigenvalue weighted by Gasteiger charge is -2.09. The van der Waals surface area contributed by atoms with Crippen LogP contribution in [0.25, 0.3) is 0 Å². The molecule has 0 saturated heterocycles. The van der Waals surface area contributed by atoms with E-state index in [-0.39, 0.29) is 18.1 Å². The van der Waals surface area contributed by atoms with Crippen molar-refractivity contribution in [3.05, 3.63) is 29.6 Å². The summed E-state index contributed by atoms with van der Waals surface area (Å²) in [5, 5.41) is -0.453. The van der Waals surface area contributed by atoms with E-state index in [0.717, 1.165) is 0 Å². The summed E-state index contributed by atoms with van der Waals surface area (Å²) in [6.45, 7) is 3.21. The van der Waals surface area contributed by atoms with Gasteiger partial charge in [0.05, 0.1) is 11.0 Å². The molecule has 0 heterocycles. The molecule has 21 heavy (non-hydrogen) atoms. The van der Waals surface area contributed by atoms with E-state index in [1.54, 1.807) is 19.9 Å². The summed E-state index contributed by atoms with van der Waals surface area (Å²) in [5.74, 6) is 5.68. The van der Waals surface area contributed by atoms with Crippen molar-refractivity contribution in [2.75, 3.05) is 18.2 Å². The van der Waals surface area contributed by atoms with E-state index < -0.39 is 20.9 Å². The molecule has 0 atom stereocenters. The molecule has 116 valence electrons. The molecular formula is C15H18ClFO3S. The zero-order valence-corrected chi connectivity index (χ0v) is 13.6. The van der Waals surface area contributed by atoms with Gasteiger partial charge in [0, 0.05) is 23.9 Å². The molecule has 0 aliphatic rings. The number of benzene rings is 1. The standard InChI is InChI=1S/C15H18ClFO3S/c1-12(2)21(18,19)8-7-20-15-10-13(5-3-4-6-16)9-14(17)11-15/h9-12H,4,6-8H2,1-2H3. The lowest BCUT2D eigenvalue weighted by Crippen LogP contribution is -2.22. The number of hydrogen-bond donors (Lipinski definition) is 0. The Labute approximate surface area is 130 Å². The maximum Gasteiger partial charge on any atom is 0.155 e. The molecule has 6 heteroatoms. The van der Waals surface area contributed by atoms with Crippen molar-refractivity contribution in [3.8, 4) is 17.6 Å². The summed E-state index contributed by atoms with van der Waals surface area (Å²) in [7, 11) is -3.17. The summed E-state index contributed by atoms with van der Waals surface area (Å²) in [6, 6.07) is 4.07. The van der Waals surface area contributed by atoms with Gasteiger partial charge in [-0.1, -0.05) is 11.8 Å². The maximum absolute atomic E-state index is 13.4. The number of rotatable bonds is 6. The first-order valence-electron chi connectivity index (χ1n) is 6.55. The molecule has 0 spiro atoms. The van der Waals surface area contributed by atoms with Gasteiger partial charge in [-0.25, -0.2) is 12.8 Å². The molecule has 0 amide bonds. The van der Waals surface area contributed by atoms with Crippen LogP contribution in [0.1, 0.15) is 25.8 Å². The van der Waals surface area contributed by atoms with Crippen LogP contribution in [-0.2, 0) is 9.84 Å². The second kappa shape index (κ2) is 8.26. The second-order valence-electron chi connectivity index (χ2n) is 4.68. The quantitative estimate of drug-likeness (QED) is 0.594. The fraction of sp³-hybridized carbons (Fsp3) is 0.467. The SMILES string of the molecule is CC(C)S(=O)(=O)CCOc1cc(F)cc(C#CCCCl)c1. The number of ether oxygens (including phenoxy) is 1. The first-order valence-corrected chi connectivity index (χ1v) is 8.80. The predicted octanol–water partition coefficient (Wildman–Crippen LogP) is 3.01. The molecule has 1 rings (SSSR count). The molecule has 0 N–H and O–H groups in total. The van der Waals surface area contributed by atoms with Crippen molar-refractivity contribution >= 4 is 21.4 Å². The molecule has 0 radical (unpaired) electrons.